The second-order valence-corrected chi connectivity index (χ2v) is 3.91. The number of aromatic carboxylic acids is 1. The third-order valence-corrected chi connectivity index (χ3v) is 2.67. The molecule has 0 radical (unpaired) electrons. The maximum absolute atomic E-state index is 10.7. The molecule has 0 aromatic heterocycles. The number of likely N-dealkylation sites (N-methyl/N-ethyl adjacent to an activating group) is 1. The lowest BCUT2D eigenvalue weighted by Crippen LogP contribution is -2.23. The fraction of sp³-hybridized carbons (Fsp3) is 0.364. The highest BCUT2D eigenvalue weighted by Crippen LogP contribution is 2.19. The molecule has 0 aliphatic heterocycles. The summed E-state index contributed by atoms with van der Waals surface area (Å²) in [5.41, 5.74) is 1.18. The van der Waals surface area contributed by atoms with Gasteiger partial charge in [-0.2, -0.15) is 0 Å². The van der Waals surface area contributed by atoms with Crippen molar-refractivity contribution in [1.82, 2.24) is 5.32 Å². The molecule has 1 aromatic carbocycles. The summed E-state index contributed by atoms with van der Waals surface area (Å²) >= 11 is 5.98. The van der Waals surface area contributed by atoms with Crippen molar-refractivity contribution in [3.63, 3.8) is 0 Å². The highest BCUT2D eigenvalue weighted by atomic mass is 35.5. The maximum Gasteiger partial charge on any atom is 0.335 e. The zero-order chi connectivity index (χ0) is 11.4. The minimum absolute atomic E-state index is 0.223. The van der Waals surface area contributed by atoms with Gasteiger partial charge in [0.25, 0.3) is 0 Å². The van der Waals surface area contributed by atoms with Gasteiger partial charge in [0.15, 0.2) is 0 Å². The molecule has 0 heterocycles. The van der Waals surface area contributed by atoms with E-state index in [4.69, 9.17) is 16.7 Å². The van der Waals surface area contributed by atoms with E-state index >= 15 is 0 Å². The molecule has 0 fully saturated rings. The number of hydrogen-bond acceptors (Lipinski definition) is 2. The van der Waals surface area contributed by atoms with E-state index in [1.807, 2.05) is 14.0 Å². The molecule has 0 saturated heterocycles. The van der Waals surface area contributed by atoms with E-state index < -0.39 is 5.97 Å². The first-order valence-corrected chi connectivity index (χ1v) is 5.11. The van der Waals surface area contributed by atoms with Crippen molar-refractivity contribution in [1.29, 1.82) is 0 Å². The van der Waals surface area contributed by atoms with Crippen molar-refractivity contribution in [2.45, 2.75) is 19.4 Å². The standard InChI is InChI=1S/C11H14ClNO2/c1-7(13-2)5-8-3-4-9(11(14)15)6-10(8)12/h3-4,6-7,13H,5H2,1-2H3,(H,14,15). The predicted molar refractivity (Wildman–Crippen MR) is 60.6 cm³/mol. The van der Waals surface area contributed by atoms with Gasteiger partial charge in [-0.1, -0.05) is 17.7 Å². The van der Waals surface area contributed by atoms with Gasteiger partial charge in [-0.3, -0.25) is 0 Å². The van der Waals surface area contributed by atoms with E-state index in [1.165, 1.54) is 6.07 Å². The molecule has 82 valence electrons. The van der Waals surface area contributed by atoms with E-state index in [0.717, 1.165) is 12.0 Å². The second kappa shape index (κ2) is 5.14. The van der Waals surface area contributed by atoms with Crippen LogP contribution in [0.4, 0.5) is 0 Å². The molecule has 0 amide bonds. The Morgan fingerprint density at radius 3 is 2.73 bits per heavy atom. The number of carbonyl (C=O) groups is 1. The molecule has 2 N–H and O–H groups in total. The van der Waals surface area contributed by atoms with Crippen LogP contribution >= 0.6 is 11.6 Å². The van der Waals surface area contributed by atoms with Gasteiger partial charge in [0, 0.05) is 11.1 Å². The maximum atomic E-state index is 10.7. The van der Waals surface area contributed by atoms with Crippen LogP contribution in [0.2, 0.25) is 5.02 Å². The molecule has 1 aromatic rings. The Balaban J connectivity index is 2.88. The van der Waals surface area contributed by atoms with Crippen LogP contribution in [0.3, 0.4) is 0 Å². The fourth-order valence-corrected chi connectivity index (χ4v) is 1.54. The summed E-state index contributed by atoms with van der Waals surface area (Å²) in [5.74, 6) is -0.954. The van der Waals surface area contributed by atoms with Crippen molar-refractivity contribution >= 4 is 17.6 Å². The van der Waals surface area contributed by atoms with Crippen molar-refractivity contribution in [3.8, 4) is 0 Å². The van der Waals surface area contributed by atoms with Gasteiger partial charge in [-0.15, -0.1) is 0 Å². The van der Waals surface area contributed by atoms with Crippen LogP contribution in [0.5, 0.6) is 0 Å². The number of hydrogen-bond donors (Lipinski definition) is 2. The largest absolute Gasteiger partial charge is 0.478 e. The first kappa shape index (κ1) is 12.0. The highest BCUT2D eigenvalue weighted by molar-refractivity contribution is 6.31. The smallest absolute Gasteiger partial charge is 0.335 e. The summed E-state index contributed by atoms with van der Waals surface area (Å²) in [6.45, 7) is 2.04. The topological polar surface area (TPSA) is 49.3 Å². The molecule has 4 heteroatoms. The van der Waals surface area contributed by atoms with Gasteiger partial charge >= 0.3 is 5.97 Å². The van der Waals surface area contributed by atoms with Crippen LogP contribution < -0.4 is 5.32 Å². The van der Waals surface area contributed by atoms with Crippen LogP contribution in [0.25, 0.3) is 0 Å². The van der Waals surface area contributed by atoms with Crippen molar-refractivity contribution in [3.05, 3.63) is 34.3 Å². The Kier molecular flexibility index (Phi) is 4.12. The minimum atomic E-state index is -0.954. The number of nitrogens with one attached hydrogen (secondary N) is 1. The van der Waals surface area contributed by atoms with E-state index in [-0.39, 0.29) is 5.56 Å². The molecule has 15 heavy (non-hydrogen) atoms. The summed E-state index contributed by atoms with van der Waals surface area (Å²) in [4.78, 5) is 10.7. The van der Waals surface area contributed by atoms with Gasteiger partial charge in [-0.25, -0.2) is 4.79 Å². The van der Waals surface area contributed by atoms with E-state index in [9.17, 15) is 4.79 Å². The number of halogens is 1. The van der Waals surface area contributed by atoms with E-state index in [1.54, 1.807) is 12.1 Å². The molecule has 0 bridgehead atoms. The Labute approximate surface area is 94.1 Å². The first-order chi connectivity index (χ1) is 7.04. The molecule has 1 rings (SSSR count). The van der Waals surface area contributed by atoms with Crippen LogP contribution in [-0.2, 0) is 6.42 Å². The van der Waals surface area contributed by atoms with Crippen LogP contribution in [0.15, 0.2) is 18.2 Å². The summed E-state index contributed by atoms with van der Waals surface area (Å²) in [5, 5.41) is 12.4. The van der Waals surface area contributed by atoms with Crippen LogP contribution in [0, 0.1) is 0 Å². The molecule has 3 nitrogen and oxygen atoms in total. The zero-order valence-corrected chi connectivity index (χ0v) is 9.51. The van der Waals surface area contributed by atoms with E-state index in [0.29, 0.717) is 11.1 Å². The molecule has 0 aliphatic rings. The molecular formula is C11H14ClNO2. The number of carboxylic acids is 1. The number of rotatable bonds is 4. The lowest BCUT2D eigenvalue weighted by molar-refractivity contribution is 0.0697. The SMILES string of the molecule is CNC(C)Cc1ccc(C(=O)O)cc1Cl. The van der Waals surface area contributed by atoms with Crippen molar-refractivity contribution in [2.75, 3.05) is 7.05 Å². The molecule has 0 spiro atoms. The summed E-state index contributed by atoms with van der Waals surface area (Å²) < 4.78 is 0. The number of benzene rings is 1. The van der Waals surface area contributed by atoms with Gasteiger partial charge in [0.2, 0.25) is 0 Å². The summed E-state index contributed by atoms with van der Waals surface area (Å²) in [7, 11) is 1.88. The average Bonchev–Trinajstić information content (AvgIpc) is 2.20. The monoisotopic (exact) mass is 227 g/mol. The Morgan fingerprint density at radius 1 is 1.60 bits per heavy atom. The van der Waals surface area contributed by atoms with Gasteiger partial charge in [-0.05, 0) is 38.1 Å². The molecule has 1 atom stereocenters. The highest BCUT2D eigenvalue weighted by Gasteiger charge is 2.08. The normalized spacial score (nSPS) is 12.5. The quantitative estimate of drug-likeness (QED) is 0.829. The summed E-state index contributed by atoms with van der Waals surface area (Å²) in [6, 6.07) is 5.14. The average molecular weight is 228 g/mol. The Morgan fingerprint density at radius 2 is 2.27 bits per heavy atom. The van der Waals surface area contributed by atoms with Crippen LogP contribution in [-0.4, -0.2) is 24.2 Å². The molecule has 0 aliphatic carbocycles. The third-order valence-electron chi connectivity index (χ3n) is 2.32. The lowest BCUT2D eigenvalue weighted by atomic mass is 10.1. The Hall–Kier alpha value is -1.06. The second-order valence-electron chi connectivity index (χ2n) is 3.51. The lowest BCUT2D eigenvalue weighted by Gasteiger charge is -2.11. The minimum Gasteiger partial charge on any atom is -0.478 e. The predicted octanol–water partition coefficient (Wildman–Crippen LogP) is 2.19. The number of carboxylic acid groups (broad SMARTS) is 1. The third kappa shape index (κ3) is 3.22. The Bertz CT molecular complexity index is 366. The first-order valence-electron chi connectivity index (χ1n) is 4.73. The van der Waals surface area contributed by atoms with Crippen LogP contribution in [0.1, 0.15) is 22.8 Å². The van der Waals surface area contributed by atoms with Crippen molar-refractivity contribution in [2.24, 2.45) is 0 Å². The molecule has 1 unspecified atom stereocenters. The molecule has 0 saturated carbocycles. The van der Waals surface area contributed by atoms with Crippen molar-refractivity contribution < 1.29 is 9.90 Å². The van der Waals surface area contributed by atoms with E-state index in [2.05, 4.69) is 5.32 Å². The molecular weight excluding hydrogens is 214 g/mol. The zero-order valence-electron chi connectivity index (χ0n) is 8.75. The fourth-order valence-electron chi connectivity index (χ4n) is 1.28. The summed E-state index contributed by atoms with van der Waals surface area (Å²) in [6.07, 6.45) is 0.787. The van der Waals surface area contributed by atoms with Gasteiger partial charge in [0.05, 0.1) is 5.56 Å². The van der Waals surface area contributed by atoms with Gasteiger partial charge in [0.1, 0.15) is 0 Å². The van der Waals surface area contributed by atoms with Gasteiger partial charge < -0.3 is 10.4 Å².